The summed E-state index contributed by atoms with van der Waals surface area (Å²) in [5, 5.41) is 7.42. The maximum atomic E-state index is 14.0. The zero-order valence-electron chi connectivity index (χ0n) is 11.0. The van der Waals surface area contributed by atoms with Crippen LogP contribution in [0.5, 0.6) is 0 Å². The lowest BCUT2D eigenvalue weighted by Crippen LogP contribution is -2.19. The van der Waals surface area contributed by atoms with Crippen LogP contribution in [0.25, 0.3) is 5.69 Å². The highest BCUT2D eigenvalue weighted by Gasteiger charge is 2.07. The second-order valence-corrected chi connectivity index (χ2v) is 6.16. The highest BCUT2D eigenvalue weighted by molar-refractivity contribution is 14.1. The molecule has 0 aliphatic carbocycles. The number of nitrogens with one attached hydrogen (secondary N) is 1. The maximum Gasteiger partial charge on any atom is 0.149 e. The van der Waals surface area contributed by atoms with Gasteiger partial charge in [-0.15, -0.1) is 0 Å². The van der Waals surface area contributed by atoms with Crippen LogP contribution in [0.3, 0.4) is 0 Å². The molecule has 0 fully saturated rings. The minimum atomic E-state index is -0.247. The summed E-state index contributed by atoms with van der Waals surface area (Å²) in [5.74, 6) is 0.346. The number of hydrogen-bond acceptors (Lipinski definition) is 2. The molecule has 5 heteroatoms. The first-order valence-corrected chi connectivity index (χ1v) is 7.34. The van der Waals surface area contributed by atoms with Gasteiger partial charge < -0.3 is 5.32 Å². The average Bonchev–Trinajstić information content (AvgIpc) is 2.75. The molecule has 2 aromatic rings. The van der Waals surface area contributed by atoms with Crippen LogP contribution in [0, 0.1) is 15.3 Å². The van der Waals surface area contributed by atoms with E-state index in [9.17, 15) is 4.39 Å². The van der Waals surface area contributed by atoms with E-state index in [1.807, 2.05) is 6.07 Å². The zero-order chi connectivity index (χ0) is 13.8. The third-order valence-electron chi connectivity index (χ3n) is 2.69. The van der Waals surface area contributed by atoms with Crippen LogP contribution in [-0.2, 0) is 6.54 Å². The molecule has 1 heterocycles. The summed E-state index contributed by atoms with van der Waals surface area (Å²) in [5.41, 5.74) is 1.43. The van der Waals surface area contributed by atoms with Gasteiger partial charge in [-0.3, -0.25) is 0 Å². The minimum Gasteiger partial charge on any atom is -0.312 e. The first kappa shape index (κ1) is 14.5. The Morgan fingerprint density at radius 2 is 2.21 bits per heavy atom. The van der Waals surface area contributed by atoms with Crippen molar-refractivity contribution in [3.05, 3.63) is 45.5 Å². The highest BCUT2D eigenvalue weighted by atomic mass is 127. The lowest BCUT2D eigenvalue weighted by atomic mass is 10.1. The van der Waals surface area contributed by atoms with Crippen LogP contribution >= 0.6 is 22.6 Å². The van der Waals surface area contributed by atoms with Crippen molar-refractivity contribution in [2.24, 2.45) is 5.92 Å². The normalized spacial score (nSPS) is 11.2. The number of hydrogen-bond donors (Lipinski definition) is 1. The van der Waals surface area contributed by atoms with Crippen molar-refractivity contribution in [2.45, 2.75) is 20.4 Å². The average molecular weight is 373 g/mol. The zero-order valence-corrected chi connectivity index (χ0v) is 13.2. The standard InChI is InChI=1S/C14H17FIN3/c1-10(2)6-17-7-11-3-4-14(13(15)5-11)19-9-12(16)8-18-19/h3-5,8-10,17H,6-7H2,1-2H3. The lowest BCUT2D eigenvalue weighted by molar-refractivity contribution is 0.549. The monoisotopic (exact) mass is 373 g/mol. The fourth-order valence-corrected chi connectivity index (χ4v) is 2.17. The highest BCUT2D eigenvalue weighted by Crippen LogP contribution is 2.16. The van der Waals surface area contributed by atoms with Crippen molar-refractivity contribution >= 4 is 22.6 Å². The van der Waals surface area contributed by atoms with E-state index in [4.69, 9.17) is 0 Å². The lowest BCUT2D eigenvalue weighted by Gasteiger charge is -2.09. The molecule has 0 radical (unpaired) electrons. The molecule has 0 saturated heterocycles. The van der Waals surface area contributed by atoms with Gasteiger partial charge in [-0.1, -0.05) is 19.9 Å². The van der Waals surface area contributed by atoms with Gasteiger partial charge in [-0.25, -0.2) is 9.07 Å². The van der Waals surface area contributed by atoms with Crippen molar-refractivity contribution in [3.63, 3.8) is 0 Å². The number of rotatable bonds is 5. The van der Waals surface area contributed by atoms with Crippen LogP contribution in [-0.4, -0.2) is 16.3 Å². The molecule has 1 aromatic heterocycles. The largest absolute Gasteiger partial charge is 0.312 e. The predicted molar refractivity (Wildman–Crippen MR) is 82.8 cm³/mol. The molecule has 2 rings (SSSR count). The summed E-state index contributed by atoms with van der Waals surface area (Å²) in [6.07, 6.45) is 3.51. The Labute approximate surface area is 126 Å². The van der Waals surface area contributed by atoms with Crippen LogP contribution in [0.1, 0.15) is 19.4 Å². The fourth-order valence-electron chi connectivity index (χ4n) is 1.78. The molecule has 1 aromatic carbocycles. The maximum absolute atomic E-state index is 14.0. The Balaban J connectivity index is 2.09. The molecule has 3 nitrogen and oxygen atoms in total. The van der Waals surface area contributed by atoms with Gasteiger partial charge in [-0.2, -0.15) is 5.10 Å². The smallest absolute Gasteiger partial charge is 0.149 e. The van der Waals surface area contributed by atoms with E-state index < -0.39 is 0 Å². The van der Waals surface area contributed by atoms with Gasteiger partial charge in [0.2, 0.25) is 0 Å². The van der Waals surface area contributed by atoms with E-state index >= 15 is 0 Å². The van der Waals surface area contributed by atoms with Crippen LogP contribution in [0.2, 0.25) is 0 Å². The van der Waals surface area contributed by atoms with Crippen molar-refractivity contribution < 1.29 is 4.39 Å². The van der Waals surface area contributed by atoms with Gasteiger partial charge in [0.1, 0.15) is 11.5 Å². The van der Waals surface area contributed by atoms with Gasteiger partial charge in [0.05, 0.1) is 9.77 Å². The Morgan fingerprint density at radius 1 is 1.42 bits per heavy atom. The van der Waals surface area contributed by atoms with Crippen molar-refractivity contribution in [1.82, 2.24) is 15.1 Å². The molecule has 0 atom stereocenters. The van der Waals surface area contributed by atoms with Crippen LogP contribution in [0.4, 0.5) is 4.39 Å². The van der Waals surface area contributed by atoms with Crippen molar-refractivity contribution in [1.29, 1.82) is 0 Å². The van der Waals surface area contributed by atoms with Crippen molar-refractivity contribution in [3.8, 4) is 5.69 Å². The summed E-state index contributed by atoms with van der Waals surface area (Å²) >= 11 is 2.15. The Bertz CT molecular complexity index is 551. The Kier molecular flexibility index (Phi) is 4.93. The molecule has 0 bridgehead atoms. The molecule has 19 heavy (non-hydrogen) atoms. The second-order valence-electron chi connectivity index (χ2n) is 4.91. The number of aromatic nitrogens is 2. The summed E-state index contributed by atoms with van der Waals surface area (Å²) in [6, 6.07) is 5.27. The molecule has 0 aliphatic heterocycles. The molecular formula is C14H17FIN3. The van der Waals surface area contributed by atoms with Crippen LogP contribution < -0.4 is 5.32 Å². The van der Waals surface area contributed by atoms with Gasteiger partial charge in [0, 0.05) is 12.7 Å². The van der Waals surface area contributed by atoms with E-state index in [-0.39, 0.29) is 5.82 Å². The van der Waals surface area contributed by atoms with E-state index in [0.29, 0.717) is 18.2 Å². The molecule has 0 unspecified atom stereocenters. The molecule has 1 N–H and O–H groups in total. The SMILES string of the molecule is CC(C)CNCc1ccc(-n2cc(I)cn2)c(F)c1. The van der Waals surface area contributed by atoms with E-state index in [0.717, 1.165) is 15.7 Å². The third-order valence-corrected chi connectivity index (χ3v) is 3.25. The Morgan fingerprint density at radius 3 is 2.79 bits per heavy atom. The van der Waals surface area contributed by atoms with Crippen molar-refractivity contribution in [2.75, 3.05) is 6.54 Å². The summed E-state index contributed by atoms with van der Waals surface area (Å²) in [7, 11) is 0. The summed E-state index contributed by atoms with van der Waals surface area (Å²) in [4.78, 5) is 0. The van der Waals surface area contributed by atoms with Gasteiger partial charge in [-0.05, 0) is 52.7 Å². The first-order valence-electron chi connectivity index (χ1n) is 6.26. The summed E-state index contributed by atoms with van der Waals surface area (Å²) in [6.45, 7) is 5.92. The van der Waals surface area contributed by atoms with Crippen LogP contribution in [0.15, 0.2) is 30.6 Å². The molecule has 0 aliphatic rings. The second kappa shape index (κ2) is 6.47. The number of halogens is 2. The predicted octanol–water partition coefficient (Wildman–Crippen LogP) is 3.36. The molecule has 102 valence electrons. The molecule has 0 spiro atoms. The van der Waals surface area contributed by atoms with Gasteiger partial charge in [0.15, 0.2) is 0 Å². The summed E-state index contributed by atoms with van der Waals surface area (Å²) < 4.78 is 16.6. The molecule has 0 amide bonds. The topological polar surface area (TPSA) is 29.9 Å². The first-order chi connectivity index (χ1) is 9.06. The van der Waals surface area contributed by atoms with Gasteiger partial charge >= 0.3 is 0 Å². The molecular weight excluding hydrogens is 356 g/mol. The molecule has 0 saturated carbocycles. The van der Waals surface area contributed by atoms with E-state index in [2.05, 4.69) is 46.9 Å². The fraction of sp³-hybridized carbons (Fsp3) is 0.357. The number of benzene rings is 1. The van der Waals surface area contributed by atoms with E-state index in [1.54, 1.807) is 29.2 Å². The van der Waals surface area contributed by atoms with E-state index in [1.165, 1.54) is 0 Å². The Hall–Kier alpha value is -0.950. The minimum absolute atomic E-state index is 0.247. The van der Waals surface area contributed by atoms with Gasteiger partial charge in [0.25, 0.3) is 0 Å². The quantitative estimate of drug-likeness (QED) is 0.815. The third kappa shape index (κ3) is 4.01. The number of nitrogens with zero attached hydrogens (tertiary/aromatic N) is 2.